The molecule has 0 heterocycles. The Morgan fingerprint density at radius 1 is 0.500 bits per heavy atom. The van der Waals surface area contributed by atoms with E-state index in [0.29, 0.717) is 19.3 Å². The van der Waals surface area contributed by atoms with Crippen molar-refractivity contribution in [2.24, 2.45) is 0 Å². The highest BCUT2D eigenvalue weighted by Crippen LogP contribution is 2.17. The number of rotatable bonds is 44. The molecule has 56 heavy (non-hydrogen) atoms. The summed E-state index contributed by atoms with van der Waals surface area (Å²) in [5.74, 6) is -0.495. The molecule has 0 aliphatic heterocycles. The quantitative estimate of drug-likeness (QED) is 0.0324. The fourth-order valence-electron chi connectivity index (χ4n) is 7.46. The number of carbonyl (C=O) groups excluding carboxylic acids is 2. The van der Waals surface area contributed by atoms with Crippen LogP contribution >= 0.6 is 0 Å². The predicted octanol–water partition coefficient (Wildman–Crippen LogP) is 14.3. The van der Waals surface area contributed by atoms with E-state index >= 15 is 0 Å². The average Bonchev–Trinajstić information content (AvgIpc) is 3.19. The minimum atomic E-state index is -0.788. The lowest BCUT2D eigenvalue weighted by molar-refractivity contribution is -0.151. The number of hydrogen-bond acceptors (Lipinski definition) is 5. The monoisotopic (exact) mass is 790 g/mol. The Bertz CT molecular complexity index is 889. The van der Waals surface area contributed by atoms with Gasteiger partial charge >= 0.3 is 5.97 Å². The Kier molecular flexibility index (Phi) is 43.1. The van der Waals surface area contributed by atoms with E-state index in [2.05, 4.69) is 50.4 Å². The molecule has 6 nitrogen and oxygen atoms in total. The molecular weight excluding hydrogens is 695 g/mol. The minimum absolute atomic E-state index is 0.0666. The van der Waals surface area contributed by atoms with Crippen molar-refractivity contribution in [3.8, 4) is 0 Å². The zero-order chi connectivity index (χ0) is 41.0. The third-order valence-electron chi connectivity index (χ3n) is 11.3. The molecule has 0 aromatic carbocycles. The zero-order valence-electron chi connectivity index (χ0n) is 37.5. The maximum atomic E-state index is 13.1. The number of esters is 1. The standard InChI is InChI=1S/C50H95NO5/c1-4-7-10-13-16-19-22-23-24-25-26-28-30-33-36-39-42-48(53)47(45-52)51-49(54)44-46(41-38-35-32-29-21-18-15-12-9-6-3)56-50(55)43-40-37-34-31-27-20-17-14-11-8-5-2/h14,17-18,21,46-48,52-53H,4-13,15-16,19-20,22-45H2,1-3H3,(H,51,54)/b17-14-,21-18-. The highest BCUT2D eigenvalue weighted by molar-refractivity contribution is 5.77. The van der Waals surface area contributed by atoms with Crippen molar-refractivity contribution in [2.45, 2.75) is 277 Å². The third-order valence-corrected chi connectivity index (χ3v) is 11.3. The number of nitrogens with one attached hydrogen (secondary N) is 1. The Morgan fingerprint density at radius 2 is 0.875 bits per heavy atom. The molecule has 0 saturated carbocycles. The van der Waals surface area contributed by atoms with Gasteiger partial charge in [0.2, 0.25) is 5.91 Å². The van der Waals surface area contributed by atoms with Crippen LogP contribution in [-0.4, -0.2) is 46.9 Å². The van der Waals surface area contributed by atoms with E-state index in [-0.39, 0.29) is 24.9 Å². The second kappa shape index (κ2) is 44.4. The van der Waals surface area contributed by atoms with Crippen LogP contribution in [0.15, 0.2) is 24.3 Å². The largest absolute Gasteiger partial charge is 0.462 e. The molecule has 6 heteroatoms. The molecule has 0 saturated heterocycles. The molecule has 0 aromatic heterocycles. The van der Waals surface area contributed by atoms with Gasteiger partial charge in [0.1, 0.15) is 6.10 Å². The normalized spacial score (nSPS) is 13.4. The van der Waals surface area contributed by atoms with Gasteiger partial charge < -0.3 is 20.3 Å². The summed E-state index contributed by atoms with van der Waals surface area (Å²) in [6, 6.07) is -0.703. The van der Waals surface area contributed by atoms with E-state index in [1.807, 2.05) is 0 Å². The van der Waals surface area contributed by atoms with Crippen LogP contribution in [0.25, 0.3) is 0 Å². The Morgan fingerprint density at radius 3 is 1.38 bits per heavy atom. The lowest BCUT2D eigenvalue weighted by Crippen LogP contribution is -2.46. The van der Waals surface area contributed by atoms with Crippen molar-refractivity contribution < 1.29 is 24.5 Å². The number of carbonyl (C=O) groups is 2. The van der Waals surface area contributed by atoms with Gasteiger partial charge in [0, 0.05) is 6.42 Å². The van der Waals surface area contributed by atoms with Crippen LogP contribution in [0.5, 0.6) is 0 Å². The number of allylic oxidation sites excluding steroid dienone is 4. The lowest BCUT2D eigenvalue weighted by Gasteiger charge is -2.24. The third kappa shape index (κ3) is 39.2. The van der Waals surface area contributed by atoms with Gasteiger partial charge in [-0.25, -0.2) is 0 Å². The summed E-state index contributed by atoms with van der Waals surface area (Å²) >= 11 is 0. The highest BCUT2D eigenvalue weighted by Gasteiger charge is 2.24. The van der Waals surface area contributed by atoms with E-state index in [1.54, 1.807) is 0 Å². The van der Waals surface area contributed by atoms with Gasteiger partial charge in [-0.05, 0) is 70.6 Å². The lowest BCUT2D eigenvalue weighted by atomic mass is 10.0. The summed E-state index contributed by atoms with van der Waals surface area (Å²) in [4.78, 5) is 26.0. The van der Waals surface area contributed by atoms with Gasteiger partial charge in [0.15, 0.2) is 0 Å². The molecule has 3 unspecified atom stereocenters. The predicted molar refractivity (Wildman–Crippen MR) is 241 cm³/mol. The molecule has 330 valence electrons. The van der Waals surface area contributed by atoms with Crippen molar-refractivity contribution in [2.75, 3.05) is 6.61 Å². The summed E-state index contributed by atoms with van der Waals surface area (Å²) < 4.78 is 5.89. The molecule has 0 aliphatic rings. The first kappa shape index (κ1) is 54.3. The minimum Gasteiger partial charge on any atom is -0.462 e. The Balaban J connectivity index is 4.47. The summed E-state index contributed by atoms with van der Waals surface area (Å²) in [5, 5.41) is 23.7. The number of hydrogen-bond donors (Lipinski definition) is 3. The summed E-state index contributed by atoms with van der Waals surface area (Å²) in [7, 11) is 0. The molecule has 1 amide bonds. The summed E-state index contributed by atoms with van der Waals surface area (Å²) in [5.41, 5.74) is 0. The van der Waals surface area contributed by atoms with E-state index in [0.717, 1.165) is 70.6 Å². The van der Waals surface area contributed by atoms with Crippen molar-refractivity contribution in [3.63, 3.8) is 0 Å². The first-order valence-electron chi connectivity index (χ1n) is 24.6. The first-order chi connectivity index (χ1) is 27.5. The SMILES string of the molecule is CCCC/C=C\CCCCCCCC(=O)OC(CCCCC/C=C\CCCCC)CC(=O)NC(CO)C(O)CCCCCCCCCCCCCCCCCC. The molecule has 3 atom stereocenters. The molecule has 0 fully saturated rings. The number of unbranched alkanes of at least 4 members (excludes halogenated alkanes) is 28. The average molecular weight is 790 g/mol. The fraction of sp³-hybridized carbons (Fsp3) is 0.880. The fourth-order valence-corrected chi connectivity index (χ4v) is 7.46. The summed E-state index contributed by atoms with van der Waals surface area (Å²) in [6.07, 6.45) is 49.5. The van der Waals surface area contributed by atoms with Crippen LogP contribution < -0.4 is 5.32 Å². The molecular formula is C50H95NO5. The van der Waals surface area contributed by atoms with Crippen molar-refractivity contribution >= 4 is 11.9 Å². The van der Waals surface area contributed by atoms with Gasteiger partial charge in [0.05, 0.1) is 25.2 Å². The van der Waals surface area contributed by atoms with E-state index in [1.165, 1.54) is 141 Å². The number of aliphatic hydroxyl groups excluding tert-OH is 2. The second-order valence-electron chi connectivity index (χ2n) is 16.9. The van der Waals surface area contributed by atoms with Gasteiger partial charge in [0.25, 0.3) is 0 Å². The molecule has 0 aliphatic carbocycles. The van der Waals surface area contributed by atoms with Crippen molar-refractivity contribution in [1.82, 2.24) is 5.32 Å². The molecule has 0 spiro atoms. The molecule has 0 aromatic rings. The number of amides is 1. The van der Waals surface area contributed by atoms with Crippen LogP contribution in [0.1, 0.15) is 258 Å². The Labute approximate surface area is 348 Å². The topological polar surface area (TPSA) is 95.9 Å². The van der Waals surface area contributed by atoms with Crippen LogP contribution in [0.3, 0.4) is 0 Å². The van der Waals surface area contributed by atoms with E-state index in [4.69, 9.17) is 4.74 Å². The number of aliphatic hydroxyl groups is 2. The van der Waals surface area contributed by atoms with Crippen LogP contribution in [-0.2, 0) is 14.3 Å². The molecule has 0 rings (SSSR count). The smallest absolute Gasteiger partial charge is 0.306 e. The van der Waals surface area contributed by atoms with Crippen molar-refractivity contribution in [3.05, 3.63) is 24.3 Å². The zero-order valence-corrected chi connectivity index (χ0v) is 37.5. The van der Waals surface area contributed by atoms with Gasteiger partial charge in [-0.2, -0.15) is 0 Å². The maximum Gasteiger partial charge on any atom is 0.306 e. The first-order valence-corrected chi connectivity index (χ1v) is 24.6. The summed E-state index contributed by atoms with van der Waals surface area (Å²) in [6.45, 7) is 6.42. The van der Waals surface area contributed by atoms with Crippen LogP contribution in [0.2, 0.25) is 0 Å². The second-order valence-corrected chi connectivity index (χ2v) is 16.9. The molecule has 0 radical (unpaired) electrons. The van der Waals surface area contributed by atoms with Crippen molar-refractivity contribution in [1.29, 1.82) is 0 Å². The number of ether oxygens (including phenoxy) is 1. The Hall–Kier alpha value is -1.66. The van der Waals surface area contributed by atoms with Gasteiger partial charge in [-0.15, -0.1) is 0 Å². The van der Waals surface area contributed by atoms with E-state index in [9.17, 15) is 19.8 Å². The highest BCUT2D eigenvalue weighted by atomic mass is 16.5. The molecule has 0 bridgehead atoms. The maximum absolute atomic E-state index is 13.1. The van der Waals surface area contributed by atoms with Crippen LogP contribution in [0, 0.1) is 0 Å². The molecule has 3 N–H and O–H groups in total. The van der Waals surface area contributed by atoms with E-state index < -0.39 is 18.2 Å². The van der Waals surface area contributed by atoms with Crippen LogP contribution in [0.4, 0.5) is 0 Å². The van der Waals surface area contributed by atoms with Gasteiger partial charge in [-0.3, -0.25) is 9.59 Å². The van der Waals surface area contributed by atoms with Gasteiger partial charge in [-0.1, -0.05) is 199 Å².